The van der Waals surface area contributed by atoms with Crippen LogP contribution in [0.5, 0.6) is 0 Å². The van der Waals surface area contributed by atoms with Gasteiger partial charge in [-0.05, 0) is 34.1 Å². The molecule has 0 aliphatic carbocycles. The smallest absolute Gasteiger partial charge is 0.329 e. The van der Waals surface area contributed by atoms with E-state index in [1.807, 2.05) is 0 Å². The Labute approximate surface area is 111 Å². The largest absolute Gasteiger partial charge is 0.480 e. The van der Waals surface area contributed by atoms with E-state index >= 15 is 0 Å². The number of ether oxygens (including phenoxy) is 1. The summed E-state index contributed by atoms with van der Waals surface area (Å²) in [6.45, 7) is -0.825. The third-order valence-corrected chi connectivity index (χ3v) is 2.89. The lowest BCUT2D eigenvalue weighted by Crippen LogP contribution is -2.20. The van der Waals surface area contributed by atoms with E-state index in [0.29, 0.717) is 10.7 Å². The molecule has 2 N–H and O–H groups in total. The first kappa shape index (κ1) is 14.0. The molecule has 0 saturated heterocycles. The summed E-state index contributed by atoms with van der Waals surface area (Å²) < 4.78 is 5.35. The maximum Gasteiger partial charge on any atom is 0.329 e. The number of halogens is 2. The van der Waals surface area contributed by atoms with Gasteiger partial charge in [0.15, 0.2) is 0 Å². The second kappa shape index (κ2) is 6.58. The van der Waals surface area contributed by atoms with Crippen molar-refractivity contribution in [1.82, 2.24) is 0 Å². The maximum absolute atomic E-state index is 11.3. The van der Waals surface area contributed by atoms with Crippen LogP contribution < -0.4 is 5.32 Å². The Kier molecular flexibility index (Phi) is 5.40. The first-order valence-corrected chi connectivity index (χ1v) is 5.70. The molecule has 0 aromatic heterocycles. The number of carboxylic acids is 1. The minimum absolute atomic E-state index is 0.319. The molecule has 5 nitrogen and oxygen atoms in total. The molecule has 0 bridgehead atoms. The lowest BCUT2D eigenvalue weighted by molar-refractivity contribution is -0.143. The van der Waals surface area contributed by atoms with E-state index in [9.17, 15) is 9.59 Å². The highest BCUT2D eigenvalue weighted by Gasteiger charge is 2.05. The molecule has 0 atom stereocenters. The molecule has 0 fully saturated rings. The number of nitrogens with one attached hydrogen (secondary N) is 1. The van der Waals surface area contributed by atoms with Crippen LogP contribution in [0, 0.1) is 0 Å². The van der Waals surface area contributed by atoms with Gasteiger partial charge in [-0.15, -0.1) is 0 Å². The first-order chi connectivity index (χ1) is 7.99. The van der Waals surface area contributed by atoms with E-state index in [2.05, 4.69) is 26.0 Å². The Hall–Kier alpha value is -1.11. The van der Waals surface area contributed by atoms with Crippen molar-refractivity contribution in [2.24, 2.45) is 0 Å². The Bertz CT molecular complexity index is 438. The predicted molar refractivity (Wildman–Crippen MR) is 66.2 cm³/mol. The molecule has 0 spiro atoms. The number of aliphatic carboxylic acids is 1. The van der Waals surface area contributed by atoms with Crippen LogP contribution in [0.25, 0.3) is 0 Å². The highest BCUT2D eigenvalue weighted by Crippen LogP contribution is 2.25. The fourth-order valence-electron chi connectivity index (χ4n) is 1.00. The number of carbonyl (C=O) groups is 2. The van der Waals surface area contributed by atoms with Crippen LogP contribution in [0.2, 0.25) is 5.02 Å². The van der Waals surface area contributed by atoms with Gasteiger partial charge in [-0.3, -0.25) is 4.79 Å². The standard InChI is InChI=1S/C10H9BrClNO4/c11-7-2-1-6(3-8(7)12)13-9(14)4-17-5-10(15)16/h1-3H,4-5H2,(H,13,14)(H,15,16). The number of amides is 1. The number of hydrogen-bond acceptors (Lipinski definition) is 3. The number of carbonyl (C=O) groups excluding carboxylic acids is 1. The number of benzene rings is 1. The van der Waals surface area contributed by atoms with Crippen molar-refractivity contribution in [3.05, 3.63) is 27.7 Å². The SMILES string of the molecule is O=C(O)COCC(=O)Nc1ccc(Br)c(Cl)c1. The van der Waals surface area contributed by atoms with Crippen LogP contribution in [0.4, 0.5) is 5.69 Å². The van der Waals surface area contributed by atoms with Crippen molar-refractivity contribution in [2.45, 2.75) is 0 Å². The van der Waals surface area contributed by atoms with Crippen LogP contribution in [0.15, 0.2) is 22.7 Å². The van der Waals surface area contributed by atoms with Gasteiger partial charge in [-0.25, -0.2) is 4.79 Å². The maximum atomic E-state index is 11.3. The molecule has 0 saturated carbocycles. The third-order valence-electron chi connectivity index (χ3n) is 1.66. The van der Waals surface area contributed by atoms with E-state index in [0.717, 1.165) is 4.47 Å². The quantitative estimate of drug-likeness (QED) is 0.871. The van der Waals surface area contributed by atoms with Crippen LogP contribution in [0.1, 0.15) is 0 Å². The van der Waals surface area contributed by atoms with E-state index in [4.69, 9.17) is 16.7 Å². The summed E-state index contributed by atoms with van der Waals surface area (Å²) in [6.07, 6.45) is 0. The molecular weight excluding hydrogens is 313 g/mol. The van der Waals surface area contributed by atoms with Crippen molar-refractivity contribution >= 4 is 45.1 Å². The van der Waals surface area contributed by atoms with Crippen LogP contribution in [-0.2, 0) is 14.3 Å². The summed E-state index contributed by atoms with van der Waals surface area (Å²) in [7, 11) is 0. The van der Waals surface area contributed by atoms with Crippen LogP contribution in [-0.4, -0.2) is 30.2 Å². The summed E-state index contributed by atoms with van der Waals surface area (Å²) in [5.74, 6) is -1.56. The monoisotopic (exact) mass is 321 g/mol. The topological polar surface area (TPSA) is 75.6 Å². The Balaban J connectivity index is 2.45. The summed E-state index contributed by atoms with van der Waals surface area (Å²) >= 11 is 9.05. The Morgan fingerprint density at radius 1 is 1.41 bits per heavy atom. The molecule has 0 aliphatic heterocycles. The van der Waals surface area contributed by atoms with Gasteiger partial charge in [0.2, 0.25) is 5.91 Å². The Morgan fingerprint density at radius 2 is 2.12 bits per heavy atom. The lowest BCUT2D eigenvalue weighted by atomic mass is 10.3. The third kappa shape index (κ3) is 5.16. The molecule has 0 unspecified atom stereocenters. The van der Waals surface area contributed by atoms with Gasteiger partial charge in [-0.2, -0.15) is 0 Å². The van der Waals surface area contributed by atoms with Crippen molar-refractivity contribution in [1.29, 1.82) is 0 Å². The number of carboxylic acid groups (broad SMARTS) is 1. The van der Waals surface area contributed by atoms with Crippen LogP contribution >= 0.6 is 27.5 Å². The molecule has 7 heteroatoms. The highest BCUT2D eigenvalue weighted by molar-refractivity contribution is 9.10. The molecule has 1 aromatic rings. The first-order valence-electron chi connectivity index (χ1n) is 4.53. The van der Waals surface area contributed by atoms with Gasteiger partial charge in [-0.1, -0.05) is 11.6 Å². The summed E-state index contributed by atoms with van der Waals surface area (Å²) in [6, 6.07) is 4.92. The van der Waals surface area contributed by atoms with Gasteiger partial charge < -0.3 is 15.2 Å². The van der Waals surface area contributed by atoms with Gasteiger partial charge in [0.25, 0.3) is 0 Å². The molecule has 1 aromatic carbocycles. The van der Waals surface area contributed by atoms with E-state index in [1.165, 1.54) is 0 Å². The second-order valence-electron chi connectivity index (χ2n) is 3.06. The van der Waals surface area contributed by atoms with Gasteiger partial charge in [0, 0.05) is 10.2 Å². The van der Waals surface area contributed by atoms with E-state index < -0.39 is 18.5 Å². The van der Waals surface area contributed by atoms with Crippen LogP contribution in [0.3, 0.4) is 0 Å². The molecule has 0 radical (unpaired) electrons. The minimum Gasteiger partial charge on any atom is -0.480 e. The number of hydrogen-bond donors (Lipinski definition) is 2. The molecule has 92 valence electrons. The van der Waals surface area contributed by atoms with E-state index in [-0.39, 0.29) is 6.61 Å². The predicted octanol–water partition coefficient (Wildman–Crippen LogP) is 2.14. The summed E-state index contributed by atoms with van der Waals surface area (Å²) in [5, 5.41) is 11.3. The zero-order valence-corrected chi connectivity index (χ0v) is 10.9. The molecular formula is C10H9BrClNO4. The van der Waals surface area contributed by atoms with Crippen molar-refractivity contribution < 1.29 is 19.4 Å². The minimum atomic E-state index is -1.12. The highest BCUT2D eigenvalue weighted by atomic mass is 79.9. The zero-order chi connectivity index (χ0) is 12.8. The Morgan fingerprint density at radius 3 is 2.71 bits per heavy atom. The zero-order valence-electron chi connectivity index (χ0n) is 8.57. The van der Waals surface area contributed by atoms with Crippen molar-refractivity contribution in [2.75, 3.05) is 18.5 Å². The fourth-order valence-corrected chi connectivity index (χ4v) is 1.43. The molecule has 0 heterocycles. The number of anilines is 1. The number of rotatable bonds is 5. The van der Waals surface area contributed by atoms with E-state index in [1.54, 1.807) is 18.2 Å². The molecule has 1 rings (SSSR count). The lowest BCUT2D eigenvalue weighted by Gasteiger charge is -2.06. The summed E-state index contributed by atoms with van der Waals surface area (Å²) in [5.41, 5.74) is 0.516. The average molecular weight is 323 g/mol. The second-order valence-corrected chi connectivity index (χ2v) is 4.33. The van der Waals surface area contributed by atoms with Gasteiger partial charge >= 0.3 is 5.97 Å². The van der Waals surface area contributed by atoms with Crippen molar-refractivity contribution in [3.8, 4) is 0 Å². The fraction of sp³-hybridized carbons (Fsp3) is 0.200. The van der Waals surface area contributed by atoms with Gasteiger partial charge in [0.1, 0.15) is 13.2 Å². The van der Waals surface area contributed by atoms with Gasteiger partial charge in [0.05, 0.1) is 5.02 Å². The molecule has 0 aliphatic rings. The molecule has 17 heavy (non-hydrogen) atoms. The average Bonchev–Trinajstić information content (AvgIpc) is 2.23. The van der Waals surface area contributed by atoms with Crippen molar-refractivity contribution in [3.63, 3.8) is 0 Å². The normalized spacial score (nSPS) is 10.0. The molecule has 1 amide bonds. The summed E-state index contributed by atoms with van der Waals surface area (Å²) in [4.78, 5) is 21.4.